The molecule has 0 saturated carbocycles. The fourth-order valence-electron chi connectivity index (χ4n) is 3.17. The zero-order valence-electron chi connectivity index (χ0n) is 18.3. The third-order valence-electron chi connectivity index (χ3n) is 5.05. The molecule has 0 aromatic heterocycles. The van der Waals surface area contributed by atoms with E-state index < -0.39 is 12.6 Å². The topological polar surface area (TPSA) is 89.5 Å². The molecule has 0 atom stereocenters. The van der Waals surface area contributed by atoms with Crippen LogP contribution in [0.25, 0.3) is 0 Å². The number of carbonyl (C=O) groups is 2. The van der Waals surface area contributed by atoms with Gasteiger partial charge in [-0.15, -0.1) is 0 Å². The second kappa shape index (κ2) is 12.3. The smallest absolute Gasteiger partial charge is 0.224 e. The van der Waals surface area contributed by atoms with Crippen LogP contribution in [0.1, 0.15) is 59.2 Å². The number of carbonyl (C=O) groups excluding carboxylic acids is 2. The summed E-state index contributed by atoms with van der Waals surface area (Å²) in [7, 11) is 3.16. The van der Waals surface area contributed by atoms with E-state index in [1.165, 1.54) is 0 Å². The third-order valence-corrected chi connectivity index (χ3v) is 5.05. The fraction of sp³-hybridized carbons (Fsp3) is 0.417. The predicted octanol–water partition coefficient (Wildman–Crippen LogP) is 4.67. The monoisotopic (exact) mass is 444 g/mol. The number of hydrogen-bond donors (Lipinski definition) is 0. The van der Waals surface area contributed by atoms with E-state index in [0.717, 1.165) is 0 Å². The highest BCUT2D eigenvalue weighted by Gasteiger charge is 2.25. The van der Waals surface area contributed by atoms with Gasteiger partial charge >= 0.3 is 0 Å². The van der Waals surface area contributed by atoms with Crippen molar-refractivity contribution in [2.24, 2.45) is 0 Å². The first kappa shape index (κ1) is 23.9. The number of methoxy groups -OCH3 is 2. The zero-order valence-corrected chi connectivity index (χ0v) is 18.3. The summed E-state index contributed by atoms with van der Waals surface area (Å²) in [5, 5.41) is 0. The van der Waals surface area contributed by atoms with Crippen LogP contribution in [0.4, 0.5) is 0 Å². The molecule has 0 radical (unpaired) electrons. The lowest BCUT2D eigenvalue weighted by Gasteiger charge is -2.26. The van der Waals surface area contributed by atoms with Gasteiger partial charge in [-0.05, 0) is 61.4 Å². The van der Waals surface area contributed by atoms with Gasteiger partial charge in [0, 0.05) is 36.8 Å². The molecule has 0 bridgehead atoms. The quantitative estimate of drug-likeness (QED) is 0.345. The SMILES string of the molecule is COc1ccc(C(=O)CCCC2OOC(CCCC(=O)c3ccc(OC)cc3)OO2)cc1. The fourth-order valence-corrected chi connectivity index (χ4v) is 3.17. The molecule has 3 rings (SSSR count). The lowest BCUT2D eigenvalue weighted by molar-refractivity contribution is -0.591. The van der Waals surface area contributed by atoms with Crippen molar-refractivity contribution < 1.29 is 38.6 Å². The molecule has 0 aliphatic carbocycles. The van der Waals surface area contributed by atoms with Crippen molar-refractivity contribution in [2.75, 3.05) is 14.2 Å². The molecule has 1 aliphatic rings. The van der Waals surface area contributed by atoms with Crippen molar-refractivity contribution >= 4 is 11.6 Å². The first-order valence-corrected chi connectivity index (χ1v) is 10.6. The maximum absolute atomic E-state index is 12.2. The van der Waals surface area contributed by atoms with Crippen LogP contribution in [0.2, 0.25) is 0 Å². The minimum Gasteiger partial charge on any atom is -0.497 e. The Labute approximate surface area is 187 Å². The van der Waals surface area contributed by atoms with Crippen molar-refractivity contribution in [3.05, 3.63) is 59.7 Å². The van der Waals surface area contributed by atoms with Gasteiger partial charge in [0.2, 0.25) is 12.6 Å². The van der Waals surface area contributed by atoms with E-state index in [0.29, 0.717) is 61.2 Å². The van der Waals surface area contributed by atoms with Crippen LogP contribution < -0.4 is 9.47 Å². The number of benzene rings is 2. The number of Topliss-reactive ketones (excluding diaryl/α,β-unsaturated/α-hetero) is 2. The summed E-state index contributed by atoms with van der Waals surface area (Å²) >= 11 is 0. The van der Waals surface area contributed by atoms with Gasteiger partial charge in [-0.1, -0.05) is 0 Å². The number of hydrogen-bond acceptors (Lipinski definition) is 8. The molecule has 2 aromatic rings. The average molecular weight is 444 g/mol. The van der Waals surface area contributed by atoms with E-state index in [4.69, 9.17) is 29.0 Å². The van der Waals surface area contributed by atoms with E-state index in [-0.39, 0.29) is 11.6 Å². The highest BCUT2D eigenvalue weighted by Crippen LogP contribution is 2.21. The molecule has 1 saturated heterocycles. The van der Waals surface area contributed by atoms with Crippen molar-refractivity contribution in [1.82, 2.24) is 0 Å². The Bertz CT molecular complexity index is 781. The highest BCUT2D eigenvalue weighted by atomic mass is 17.4. The Morgan fingerprint density at radius 3 is 1.31 bits per heavy atom. The standard InChI is InChI=1S/C24H28O8/c1-27-19-13-9-17(10-14-19)21(25)5-3-7-23-29-31-24(32-30-23)8-4-6-22(26)18-11-15-20(28-2)16-12-18/h9-16,23-24H,3-8H2,1-2H3. The molecule has 0 spiro atoms. The number of ether oxygens (including phenoxy) is 2. The average Bonchev–Trinajstić information content (AvgIpc) is 2.85. The van der Waals surface area contributed by atoms with Crippen LogP contribution in [0, 0.1) is 0 Å². The van der Waals surface area contributed by atoms with Crippen LogP contribution in [-0.2, 0) is 19.6 Å². The van der Waals surface area contributed by atoms with Gasteiger partial charge in [-0.25, -0.2) is 0 Å². The second-order valence-electron chi connectivity index (χ2n) is 7.33. The van der Waals surface area contributed by atoms with Crippen LogP contribution in [0.5, 0.6) is 11.5 Å². The maximum atomic E-state index is 12.2. The predicted molar refractivity (Wildman–Crippen MR) is 114 cm³/mol. The molecule has 2 aromatic carbocycles. The lowest BCUT2D eigenvalue weighted by Crippen LogP contribution is -2.32. The van der Waals surface area contributed by atoms with Crippen LogP contribution >= 0.6 is 0 Å². The largest absolute Gasteiger partial charge is 0.497 e. The molecule has 172 valence electrons. The van der Waals surface area contributed by atoms with Gasteiger partial charge in [0.05, 0.1) is 14.2 Å². The molecule has 1 fully saturated rings. The van der Waals surface area contributed by atoms with Gasteiger partial charge in [0.1, 0.15) is 11.5 Å². The van der Waals surface area contributed by atoms with E-state index in [9.17, 15) is 9.59 Å². The van der Waals surface area contributed by atoms with E-state index in [2.05, 4.69) is 0 Å². The Hall–Kier alpha value is -2.78. The number of ketones is 2. The van der Waals surface area contributed by atoms with Crippen molar-refractivity contribution in [2.45, 2.75) is 51.1 Å². The molecule has 32 heavy (non-hydrogen) atoms. The highest BCUT2D eigenvalue weighted by molar-refractivity contribution is 5.96. The van der Waals surface area contributed by atoms with Gasteiger partial charge in [-0.2, -0.15) is 19.6 Å². The molecular weight excluding hydrogens is 416 g/mol. The van der Waals surface area contributed by atoms with E-state index in [1.54, 1.807) is 62.8 Å². The summed E-state index contributed by atoms with van der Waals surface area (Å²) in [5.41, 5.74) is 1.26. The minimum atomic E-state index is -0.698. The molecule has 0 amide bonds. The molecule has 8 nitrogen and oxygen atoms in total. The normalized spacial score (nSPS) is 18.2. The van der Waals surface area contributed by atoms with Crippen molar-refractivity contribution in [1.29, 1.82) is 0 Å². The zero-order chi connectivity index (χ0) is 22.8. The molecule has 1 heterocycles. The summed E-state index contributed by atoms with van der Waals surface area (Å²) in [4.78, 5) is 45.3. The molecular formula is C24H28O8. The number of rotatable bonds is 12. The van der Waals surface area contributed by atoms with E-state index in [1.807, 2.05) is 0 Å². The molecule has 8 heteroatoms. The summed E-state index contributed by atoms with van der Waals surface area (Å²) in [6, 6.07) is 14.0. The minimum absolute atomic E-state index is 0.0321. The Morgan fingerprint density at radius 1 is 0.656 bits per heavy atom. The van der Waals surface area contributed by atoms with Crippen LogP contribution in [-0.4, -0.2) is 38.4 Å². The van der Waals surface area contributed by atoms with Gasteiger partial charge in [0.15, 0.2) is 11.6 Å². The third kappa shape index (κ3) is 7.13. The second-order valence-corrected chi connectivity index (χ2v) is 7.33. The maximum Gasteiger partial charge on any atom is 0.224 e. The molecule has 0 N–H and O–H groups in total. The van der Waals surface area contributed by atoms with Gasteiger partial charge < -0.3 is 9.47 Å². The summed E-state index contributed by atoms with van der Waals surface area (Å²) < 4.78 is 10.2. The van der Waals surface area contributed by atoms with Crippen molar-refractivity contribution in [3.63, 3.8) is 0 Å². The van der Waals surface area contributed by atoms with Crippen molar-refractivity contribution in [3.8, 4) is 11.5 Å². The lowest BCUT2D eigenvalue weighted by atomic mass is 10.1. The Morgan fingerprint density at radius 2 is 1.00 bits per heavy atom. The first-order chi connectivity index (χ1) is 15.6. The van der Waals surface area contributed by atoms with Crippen LogP contribution in [0.15, 0.2) is 48.5 Å². The first-order valence-electron chi connectivity index (χ1n) is 10.6. The molecule has 1 aliphatic heterocycles. The summed E-state index contributed by atoms with van der Waals surface area (Å²) in [6.07, 6.45) is 1.33. The Balaban J connectivity index is 1.28. The summed E-state index contributed by atoms with van der Waals surface area (Å²) in [5.74, 6) is 1.48. The summed E-state index contributed by atoms with van der Waals surface area (Å²) in [6.45, 7) is 0. The van der Waals surface area contributed by atoms with E-state index >= 15 is 0 Å². The van der Waals surface area contributed by atoms with Crippen LogP contribution in [0.3, 0.4) is 0 Å². The van der Waals surface area contributed by atoms with Gasteiger partial charge in [0.25, 0.3) is 0 Å². The van der Waals surface area contributed by atoms with Gasteiger partial charge in [-0.3, -0.25) is 9.59 Å². The molecule has 0 unspecified atom stereocenters. The Kier molecular flexibility index (Phi) is 9.18.